The van der Waals surface area contributed by atoms with Crippen molar-refractivity contribution in [2.45, 2.75) is 26.3 Å². The fraction of sp³-hybridized carbons (Fsp3) is 0.0714. The molecule has 2 aliphatic heterocycles. The minimum atomic E-state index is 0.0362. The van der Waals surface area contributed by atoms with Gasteiger partial charge in [-0.25, -0.2) is 0 Å². The first-order valence-corrected chi connectivity index (χ1v) is 21.4. The molecule has 12 rings (SSSR count). The predicted molar refractivity (Wildman–Crippen MR) is 260 cm³/mol. The molecule has 4 nitrogen and oxygen atoms in total. The lowest BCUT2D eigenvalue weighted by atomic mass is 9.33. The van der Waals surface area contributed by atoms with Gasteiger partial charge in [0.15, 0.2) is 0 Å². The van der Waals surface area contributed by atoms with E-state index in [1.807, 2.05) is 0 Å². The molecule has 0 radical (unpaired) electrons. The molecule has 5 heteroatoms. The smallest absolute Gasteiger partial charge is 0.252 e. The average molecular weight is 783 g/mol. The van der Waals surface area contributed by atoms with Gasteiger partial charge in [0.25, 0.3) is 6.71 Å². The van der Waals surface area contributed by atoms with Crippen LogP contribution in [0.5, 0.6) is 0 Å². The van der Waals surface area contributed by atoms with Crippen LogP contribution in [-0.2, 0) is 0 Å². The Kier molecular flexibility index (Phi) is 8.17. The molecular weight excluding hydrogens is 739 g/mol. The number of nitrogens with zero attached hydrogens (tertiary/aromatic N) is 4. The first-order chi connectivity index (χ1) is 30.1. The van der Waals surface area contributed by atoms with Crippen LogP contribution in [0.15, 0.2) is 206 Å². The molecule has 0 N–H and O–H groups in total. The van der Waals surface area contributed by atoms with Crippen molar-refractivity contribution in [3.63, 3.8) is 0 Å². The summed E-state index contributed by atoms with van der Waals surface area (Å²) in [5, 5.41) is 2.53. The monoisotopic (exact) mass is 782 g/mol. The zero-order valence-corrected chi connectivity index (χ0v) is 34.3. The molecule has 8 aromatic carbocycles. The molecule has 9 aromatic rings. The van der Waals surface area contributed by atoms with E-state index >= 15 is 0 Å². The number of aryl methyl sites for hydroxylation is 2. The van der Waals surface area contributed by atoms with E-state index in [4.69, 9.17) is 0 Å². The fourth-order valence-corrected chi connectivity index (χ4v) is 10.3. The van der Waals surface area contributed by atoms with Crippen molar-refractivity contribution in [1.29, 1.82) is 0 Å². The van der Waals surface area contributed by atoms with E-state index in [0.717, 1.165) is 29.2 Å². The number of para-hydroxylation sites is 4. The number of anilines is 9. The molecule has 0 saturated carbocycles. The number of aromatic nitrogens is 1. The van der Waals surface area contributed by atoms with Gasteiger partial charge in [-0.2, -0.15) is 0 Å². The largest absolute Gasteiger partial charge is 0.331 e. The second kappa shape index (κ2) is 14.1. The zero-order chi connectivity index (χ0) is 40.6. The Hall–Kier alpha value is -7.50. The van der Waals surface area contributed by atoms with Crippen molar-refractivity contribution >= 4 is 96.1 Å². The lowest BCUT2D eigenvalue weighted by Crippen LogP contribution is -2.61. The molecule has 1 aliphatic carbocycles. The van der Waals surface area contributed by atoms with Gasteiger partial charge in [0, 0.05) is 61.8 Å². The van der Waals surface area contributed by atoms with Gasteiger partial charge in [-0.15, -0.1) is 0 Å². The van der Waals surface area contributed by atoms with Gasteiger partial charge in [0.05, 0.1) is 17.2 Å². The van der Waals surface area contributed by atoms with Gasteiger partial charge in [-0.3, -0.25) is 0 Å². The molecule has 61 heavy (non-hydrogen) atoms. The Labute approximate surface area is 357 Å². The van der Waals surface area contributed by atoms with E-state index in [2.05, 4.69) is 239 Å². The molecule has 0 bridgehead atoms. The van der Waals surface area contributed by atoms with Crippen LogP contribution in [0.25, 0.3) is 21.8 Å². The number of benzene rings is 8. The highest BCUT2D eigenvalue weighted by Gasteiger charge is 2.43. The van der Waals surface area contributed by atoms with Crippen LogP contribution >= 0.6 is 0 Å². The minimum absolute atomic E-state index is 0.0362. The summed E-state index contributed by atoms with van der Waals surface area (Å²) < 4.78 is 2.57. The van der Waals surface area contributed by atoms with Gasteiger partial charge >= 0.3 is 0 Å². The van der Waals surface area contributed by atoms with Crippen molar-refractivity contribution in [1.82, 2.24) is 4.57 Å². The van der Waals surface area contributed by atoms with Crippen LogP contribution in [-0.4, -0.2) is 11.3 Å². The van der Waals surface area contributed by atoms with Crippen LogP contribution in [0.4, 0.5) is 51.2 Å². The van der Waals surface area contributed by atoms with Gasteiger partial charge in [0.2, 0.25) is 0 Å². The standard InChI is InChI=1S/C56H43BN4/c1-38-28-31-43(32-29-38)59-50-35-30-39(2)36-48(50)57-47-34-33-44(37-54(47)60(41-18-8-4-9-19-41)52-26-15-25-51(59)55(52)57)58(40-16-6-3-7-17-40)53-27-14-23-46-45-22-12-13-24-49(45)61(56(46)53)42-20-10-5-11-21-42/h3-20,22-37,42H,21H2,1-2H3. The lowest BCUT2D eigenvalue weighted by molar-refractivity contribution is 0.648. The number of rotatable bonds is 6. The quantitative estimate of drug-likeness (QED) is 0.156. The normalized spacial score (nSPS) is 14.9. The average Bonchev–Trinajstić information content (AvgIpc) is 3.65. The van der Waals surface area contributed by atoms with Crippen molar-refractivity contribution in [2.75, 3.05) is 14.7 Å². The summed E-state index contributed by atoms with van der Waals surface area (Å²) in [6.45, 7) is 4.41. The van der Waals surface area contributed by atoms with E-state index < -0.39 is 0 Å². The molecule has 1 aromatic heterocycles. The summed E-state index contributed by atoms with van der Waals surface area (Å²) in [5.41, 5.74) is 19.4. The molecule has 1 atom stereocenters. The molecule has 3 aliphatic rings. The second-order valence-electron chi connectivity index (χ2n) is 16.6. The molecule has 290 valence electrons. The third-order valence-corrected chi connectivity index (χ3v) is 13.0. The summed E-state index contributed by atoms with van der Waals surface area (Å²) in [7, 11) is 0. The third-order valence-electron chi connectivity index (χ3n) is 13.0. The van der Waals surface area contributed by atoms with Gasteiger partial charge < -0.3 is 19.3 Å². The second-order valence-corrected chi connectivity index (χ2v) is 16.6. The molecule has 0 amide bonds. The van der Waals surface area contributed by atoms with Crippen molar-refractivity contribution in [3.05, 3.63) is 217 Å². The van der Waals surface area contributed by atoms with Crippen LogP contribution in [0, 0.1) is 13.8 Å². The Balaban J connectivity index is 1.13. The summed E-state index contributed by atoms with van der Waals surface area (Å²) >= 11 is 0. The van der Waals surface area contributed by atoms with Crippen LogP contribution in [0.2, 0.25) is 0 Å². The Morgan fingerprint density at radius 3 is 1.98 bits per heavy atom. The highest BCUT2D eigenvalue weighted by Crippen LogP contribution is 2.48. The molecule has 1 unspecified atom stereocenters. The summed E-state index contributed by atoms with van der Waals surface area (Å²) in [4.78, 5) is 7.45. The van der Waals surface area contributed by atoms with Gasteiger partial charge in [-0.1, -0.05) is 139 Å². The highest BCUT2D eigenvalue weighted by molar-refractivity contribution is 7.00. The van der Waals surface area contributed by atoms with Crippen LogP contribution in [0.3, 0.4) is 0 Å². The third kappa shape index (κ3) is 5.54. The van der Waals surface area contributed by atoms with Gasteiger partial charge in [-0.05, 0) is 116 Å². The SMILES string of the molecule is Cc1ccc(N2c3ccc(C)cc3B3c4ccc(N(c5ccccc5)c5cccc6c7ccccc7n(C7C=CC=CC7)c56)cc4N(c4ccccc4)c4cccc2c43)cc1. The minimum Gasteiger partial charge on any atom is -0.331 e. The maximum absolute atomic E-state index is 2.57. The summed E-state index contributed by atoms with van der Waals surface area (Å²) in [5.74, 6) is 0. The molecule has 3 heterocycles. The first-order valence-electron chi connectivity index (χ1n) is 21.4. The Morgan fingerprint density at radius 1 is 0.508 bits per heavy atom. The van der Waals surface area contributed by atoms with E-state index in [0.29, 0.717) is 0 Å². The molecule has 0 spiro atoms. The maximum Gasteiger partial charge on any atom is 0.252 e. The van der Waals surface area contributed by atoms with E-state index in [-0.39, 0.29) is 12.8 Å². The zero-order valence-electron chi connectivity index (χ0n) is 34.3. The predicted octanol–water partition coefficient (Wildman–Crippen LogP) is 13.0. The Morgan fingerprint density at radius 2 is 1.20 bits per heavy atom. The highest BCUT2D eigenvalue weighted by atomic mass is 15.2. The molecule has 0 fully saturated rings. The number of hydrogen-bond acceptors (Lipinski definition) is 3. The van der Waals surface area contributed by atoms with Crippen molar-refractivity contribution < 1.29 is 0 Å². The molecule has 0 saturated heterocycles. The van der Waals surface area contributed by atoms with Crippen molar-refractivity contribution in [3.8, 4) is 0 Å². The van der Waals surface area contributed by atoms with E-state index in [9.17, 15) is 0 Å². The number of allylic oxidation sites excluding steroid dienone is 4. The fourth-order valence-electron chi connectivity index (χ4n) is 10.3. The number of hydrogen-bond donors (Lipinski definition) is 0. The summed E-state index contributed by atoms with van der Waals surface area (Å²) in [6.07, 6.45) is 9.95. The first kappa shape index (κ1) is 35.4. The molecular formula is C56H43BN4. The van der Waals surface area contributed by atoms with Gasteiger partial charge in [0.1, 0.15) is 0 Å². The maximum atomic E-state index is 2.57. The van der Waals surface area contributed by atoms with E-state index in [1.165, 1.54) is 77.8 Å². The lowest BCUT2D eigenvalue weighted by Gasteiger charge is -2.44. The van der Waals surface area contributed by atoms with E-state index in [1.54, 1.807) is 0 Å². The van der Waals surface area contributed by atoms with Crippen LogP contribution < -0.4 is 31.1 Å². The topological polar surface area (TPSA) is 14.7 Å². The van der Waals surface area contributed by atoms with Crippen molar-refractivity contribution in [2.24, 2.45) is 0 Å². The van der Waals surface area contributed by atoms with Crippen LogP contribution in [0.1, 0.15) is 23.6 Å². The Bertz CT molecular complexity index is 3220. The summed E-state index contributed by atoms with van der Waals surface area (Å²) in [6, 6.07) is 67.8. The number of fused-ring (bicyclic) bond motifs is 7.